The topological polar surface area (TPSA) is 111 Å². The van der Waals surface area contributed by atoms with Crippen molar-refractivity contribution in [1.29, 1.82) is 0 Å². The highest BCUT2D eigenvalue weighted by atomic mass is 16.5. The summed E-state index contributed by atoms with van der Waals surface area (Å²) < 4.78 is 14.9. The zero-order valence-corrected chi connectivity index (χ0v) is 14.1. The third kappa shape index (κ3) is 4.73. The molecule has 2 rings (SSSR count). The summed E-state index contributed by atoms with van der Waals surface area (Å²) in [5.41, 5.74) is 0.723. The van der Waals surface area contributed by atoms with Crippen LogP contribution in [0.5, 0.6) is 11.5 Å². The van der Waals surface area contributed by atoms with E-state index >= 15 is 0 Å². The van der Waals surface area contributed by atoms with Crippen LogP contribution in [0.15, 0.2) is 42.5 Å². The Balaban J connectivity index is 2.00. The number of carboxylic acid groups (broad SMARTS) is 1. The predicted molar refractivity (Wildman–Crippen MR) is 91.9 cm³/mol. The number of hydrogen-bond donors (Lipinski definition) is 2. The molecule has 0 aliphatic rings. The van der Waals surface area contributed by atoms with Gasteiger partial charge in [-0.3, -0.25) is 4.79 Å². The van der Waals surface area contributed by atoms with Crippen LogP contribution >= 0.6 is 0 Å². The first-order chi connectivity index (χ1) is 12.4. The molecule has 0 aliphatic heterocycles. The molecule has 136 valence electrons. The first-order valence-electron chi connectivity index (χ1n) is 7.47. The summed E-state index contributed by atoms with van der Waals surface area (Å²) in [5, 5.41) is 11.7. The molecule has 26 heavy (non-hydrogen) atoms. The van der Waals surface area contributed by atoms with Gasteiger partial charge in [0.05, 0.1) is 19.8 Å². The van der Waals surface area contributed by atoms with Gasteiger partial charge in [-0.25, -0.2) is 9.59 Å². The molecule has 0 fully saturated rings. The molecule has 1 amide bonds. The van der Waals surface area contributed by atoms with Crippen molar-refractivity contribution in [2.45, 2.75) is 0 Å². The number of carbonyl (C=O) groups is 3. The van der Waals surface area contributed by atoms with Gasteiger partial charge in [-0.05, 0) is 36.4 Å². The molecule has 0 aliphatic carbocycles. The second kappa shape index (κ2) is 8.52. The molecule has 8 nitrogen and oxygen atoms in total. The number of carbonyl (C=O) groups excluding carboxylic acids is 2. The molecule has 0 radical (unpaired) electrons. The number of benzene rings is 2. The lowest BCUT2D eigenvalue weighted by atomic mass is 10.2. The van der Waals surface area contributed by atoms with Crippen LogP contribution in [0.1, 0.15) is 20.7 Å². The average Bonchev–Trinajstić information content (AvgIpc) is 2.65. The molecule has 0 saturated heterocycles. The Bertz CT molecular complexity index is 815. The summed E-state index contributed by atoms with van der Waals surface area (Å²) >= 11 is 0. The quantitative estimate of drug-likeness (QED) is 0.729. The molecular weight excluding hydrogens is 342 g/mol. The van der Waals surface area contributed by atoms with E-state index in [1.807, 2.05) is 0 Å². The number of carboxylic acids is 1. The van der Waals surface area contributed by atoms with E-state index in [1.54, 1.807) is 12.1 Å². The van der Waals surface area contributed by atoms with E-state index in [9.17, 15) is 14.4 Å². The standard InChI is InChI=1S/C18H17NO7/c1-24-13-7-8-14(17(21)22)15(9-13)26-10-16(20)19-12-5-3-11(4-6-12)18(23)25-2/h3-9H,10H2,1-2H3,(H,19,20)(H,21,22). The molecule has 2 aromatic carbocycles. The van der Waals surface area contributed by atoms with Crippen LogP contribution in [0.4, 0.5) is 5.69 Å². The second-order valence-electron chi connectivity index (χ2n) is 5.07. The first-order valence-corrected chi connectivity index (χ1v) is 7.47. The maximum Gasteiger partial charge on any atom is 0.339 e. The van der Waals surface area contributed by atoms with Crippen molar-refractivity contribution < 1.29 is 33.7 Å². The smallest absolute Gasteiger partial charge is 0.339 e. The van der Waals surface area contributed by atoms with E-state index in [1.165, 1.54) is 44.6 Å². The Labute approximate surface area is 149 Å². The molecule has 0 aromatic heterocycles. The first kappa shape index (κ1) is 18.8. The highest BCUT2D eigenvalue weighted by Crippen LogP contribution is 2.25. The van der Waals surface area contributed by atoms with E-state index in [0.29, 0.717) is 17.0 Å². The molecule has 0 saturated carbocycles. The van der Waals surface area contributed by atoms with E-state index in [2.05, 4.69) is 10.1 Å². The summed E-state index contributed by atoms with van der Waals surface area (Å²) in [6.45, 7) is -0.397. The van der Waals surface area contributed by atoms with Crippen LogP contribution in [0.25, 0.3) is 0 Å². The number of esters is 1. The molecular formula is C18H17NO7. The fraction of sp³-hybridized carbons (Fsp3) is 0.167. The number of anilines is 1. The van der Waals surface area contributed by atoms with Gasteiger partial charge >= 0.3 is 11.9 Å². The number of aromatic carboxylic acids is 1. The van der Waals surface area contributed by atoms with Crippen LogP contribution in [0, 0.1) is 0 Å². The van der Waals surface area contributed by atoms with Crippen LogP contribution < -0.4 is 14.8 Å². The van der Waals surface area contributed by atoms with Crippen LogP contribution in [-0.4, -0.2) is 43.8 Å². The van der Waals surface area contributed by atoms with Gasteiger partial charge in [0, 0.05) is 11.8 Å². The molecule has 2 aromatic rings. The number of hydrogen-bond acceptors (Lipinski definition) is 6. The zero-order chi connectivity index (χ0) is 19.1. The third-order valence-electron chi connectivity index (χ3n) is 3.37. The van der Waals surface area contributed by atoms with Crippen molar-refractivity contribution in [3.05, 3.63) is 53.6 Å². The molecule has 8 heteroatoms. The maximum atomic E-state index is 12.0. The Hall–Kier alpha value is -3.55. The van der Waals surface area contributed by atoms with Crippen molar-refractivity contribution in [2.75, 3.05) is 26.1 Å². The lowest BCUT2D eigenvalue weighted by Gasteiger charge is -2.11. The molecule has 0 atom stereocenters. The summed E-state index contributed by atoms with van der Waals surface area (Å²) in [6, 6.07) is 10.3. The Morgan fingerprint density at radius 1 is 1.04 bits per heavy atom. The summed E-state index contributed by atoms with van der Waals surface area (Å²) in [6.07, 6.45) is 0. The highest BCUT2D eigenvalue weighted by Gasteiger charge is 2.14. The summed E-state index contributed by atoms with van der Waals surface area (Å²) in [7, 11) is 2.71. The van der Waals surface area contributed by atoms with Crippen molar-refractivity contribution in [3.63, 3.8) is 0 Å². The van der Waals surface area contributed by atoms with Crippen molar-refractivity contribution in [3.8, 4) is 11.5 Å². The van der Waals surface area contributed by atoms with Crippen LogP contribution in [0.3, 0.4) is 0 Å². The molecule has 0 bridgehead atoms. The Morgan fingerprint density at radius 2 is 1.73 bits per heavy atom. The largest absolute Gasteiger partial charge is 0.497 e. The number of amides is 1. The van der Waals surface area contributed by atoms with Gasteiger partial charge in [0.2, 0.25) is 0 Å². The van der Waals surface area contributed by atoms with Gasteiger partial charge in [0.15, 0.2) is 6.61 Å². The monoisotopic (exact) mass is 359 g/mol. The van der Waals surface area contributed by atoms with Gasteiger partial charge in [0.25, 0.3) is 5.91 Å². The fourth-order valence-corrected chi connectivity index (χ4v) is 2.07. The molecule has 0 spiro atoms. The minimum absolute atomic E-state index is 0.0213. The highest BCUT2D eigenvalue weighted by molar-refractivity contribution is 5.94. The Morgan fingerprint density at radius 3 is 2.31 bits per heavy atom. The normalized spacial score (nSPS) is 9.92. The molecule has 0 unspecified atom stereocenters. The lowest BCUT2D eigenvalue weighted by molar-refractivity contribution is -0.118. The van der Waals surface area contributed by atoms with Gasteiger partial charge in [0.1, 0.15) is 17.1 Å². The SMILES string of the molecule is COC(=O)c1ccc(NC(=O)COc2cc(OC)ccc2C(=O)O)cc1. The summed E-state index contributed by atoms with van der Waals surface area (Å²) in [5.74, 6) is -1.72. The molecule has 0 heterocycles. The number of methoxy groups -OCH3 is 2. The lowest BCUT2D eigenvalue weighted by Crippen LogP contribution is -2.21. The Kier molecular flexibility index (Phi) is 6.15. The van der Waals surface area contributed by atoms with Gasteiger partial charge in [-0.15, -0.1) is 0 Å². The van der Waals surface area contributed by atoms with Crippen LogP contribution in [0.2, 0.25) is 0 Å². The van der Waals surface area contributed by atoms with Crippen LogP contribution in [-0.2, 0) is 9.53 Å². The minimum Gasteiger partial charge on any atom is -0.497 e. The zero-order valence-electron chi connectivity index (χ0n) is 14.1. The van der Waals surface area contributed by atoms with Gasteiger partial charge < -0.3 is 24.6 Å². The minimum atomic E-state index is -1.18. The maximum absolute atomic E-state index is 12.0. The third-order valence-corrected chi connectivity index (χ3v) is 3.37. The van der Waals surface area contributed by atoms with Crippen molar-refractivity contribution in [2.24, 2.45) is 0 Å². The second-order valence-corrected chi connectivity index (χ2v) is 5.07. The number of nitrogens with one attached hydrogen (secondary N) is 1. The number of ether oxygens (including phenoxy) is 3. The predicted octanol–water partition coefficient (Wildman–Crippen LogP) is 2.20. The van der Waals surface area contributed by atoms with E-state index in [-0.39, 0.29) is 11.3 Å². The van der Waals surface area contributed by atoms with Gasteiger partial charge in [-0.1, -0.05) is 0 Å². The number of rotatable bonds is 7. The summed E-state index contributed by atoms with van der Waals surface area (Å²) in [4.78, 5) is 34.6. The molecule has 2 N–H and O–H groups in total. The van der Waals surface area contributed by atoms with Crippen molar-refractivity contribution in [1.82, 2.24) is 0 Å². The van der Waals surface area contributed by atoms with Gasteiger partial charge in [-0.2, -0.15) is 0 Å². The van der Waals surface area contributed by atoms with E-state index in [0.717, 1.165) is 0 Å². The fourth-order valence-electron chi connectivity index (χ4n) is 2.07. The van der Waals surface area contributed by atoms with E-state index in [4.69, 9.17) is 14.6 Å². The average molecular weight is 359 g/mol. The van der Waals surface area contributed by atoms with Crippen molar-refractivity contribution >= 4 is 23.5 Å². The van der Waals surface area contributed by atoms with E-state index < -0.39 is 24.5 Å².